The fraction of sp³-hybridized carbons (Fsp3) is 0.441. The van der Waals surface area contributed by atoms with Crippen LogP contribution in [0, 0.1) is 28.8 Å². The lowest BCUT2D eigenvalue weighted by Gasteiger charge is -2.26. The van der Waals surface area contributed by atoms with Gasteiger partial charge in [-0.2, -0.15) is 0 Å². The Balaban J connectivity index is 1.67. The Labute approximate surface area is 240 Å². The van der Waals surface area contributed by atoms with Gasteiger partial charge in [0.2, 0.25) is 0 Å². The molecular weight excluding hydrogens is 529 g/mol. The summed E-state index contributed by atoms with van der Waals surface area (Å²) in [5, 5.41) is 0. The van der Waals surface area contributed by atoms with Crippen LogP contribution >= 0.6 is 0 Å². The van der Waals surface area contributed by atoms with E-state index in [9.17, 15) is 9.18 Å². The molecule has 3 aromatic rings. The maximum absolute atomic E-state index is 15.6. The van der Waals surface area contributed by atoms with E-state index in [2.05, 4.69) is 20.8 Å². The number of benzene rings is 3. The summed E-state index contributed by atoms with van der Waals surface area (Å²) in [6.07, 6.45) is 4.43. The van der Waals surface area contributed by atoms with E-state index >= 15 is 8.78 Å². The molecule has 0 spiro atoms. The quantitative estimate of drug-likeness (QED) is 0.193. The predicted molar refractivity (Wildman–Crippen MR) is 154 cm³/mol. The maximum Gasteiger partial charge on any atom is 0.306 e. The molecule has 220 valence electrons. The van der Waals surface area contributed by atoms with Gasteiger partial charge >= 0.3 is 5.97 Å². The van der Waals surface area contributed by atoms with Gasteiger partial charge in [0.1, 0.15) is 24.0 Å². The minimum atomic E-state index is -0.572. The first-order chi connectivity index (χ1) is 19.6. The average Bonchev–Trinajstić information content (AvgIpc) is 3.78. The lowest BCUT2D eigenvalue weighted by molar-refractivity contribution is -0.141. The van der Waals surface area contributed by atoms with Crippen LogP contribution in [0.3, 0.4) is 0 Å². The smallest absolute Gasteiger partial charge is 0.306 e. The lowest BCUT2D eigenvalue weighted by atomic mass is 9.79. The highest BCUT2D eigenvalue weighted by Crippen LogP contribution is 2.46. The van der Waals surface area contributed by atoms with E-state index in [1.54, 1.807) is 24.3 Å². The summed E-state index contributed by atoms with van der Waals surface area (Å²) in [7, 11) is 2.82. The number of hydrogen-bond donors (Lipinski definition) is 0. The van der Waals surface area contributed by atoms with Gasteiger partial charge in [-0.25, -0.2) is 13.2 Å². The molecule has 1 aliphatic rings. The topological polar surface area (TPSA) is 44.8 Å². The number of rotatable bonds is 13. The van der Waals surface area contributed by atoms with Crippen molar-refractivity contribution in [1.82, 2.24) is 0 Å². The second-order valence-corrected chi connectivity index (χ2v) is 11.7. The van der Waals surface area contributed by atoms with Crippen LogP contribution in [-0.2, 0) is 22.6 Å². The molecule has 1 fully saturated rings. The molecule has 0 heterocycles. The second-order valence-electron chi connectivity index (χ2n) is 11.7. The first kappa shape index (κ1) is 30.5. The molecule has 0 amide bonds. The van der Waals surface area contributed by atoms with Gasteiger partial charge in [0.25, 0.3) is 0 Å². The number of carbonyl (C=O) groups is 1. The van der Waals surface area contributed by atoms with Crippen molar-refractivity contribution >= 4 is 5.97 Å². The third kappa shape index (κ3) is 7.43. The number of hydrogen-bond acceptors (Lipinski definition) is 4. The molecule has 1 saturated carbocycles. The molecule has 4 nitrogen and oxygen atoms in total. The molecule has 4 rings (SSSR count). The monoisotopic (exact) mass is 568 g/mol. The number of esters is 1. The van der Waals surface area contributed by atoms with E-state index in [1.807, 2.05) is 0 Å². The molecule has 1 unspecified atom stereocenters. The normalized spacial score (nSPS) is 14.0. The Hall–Kier alpha value is -3.48. The number of carbonyl (C=O) groups excluding carboxylic acids is 1. The zero-order valence-electron chi connectivity index (χ0n) is 24.5. The van der Waals surface area contributed by atoms with E-state index in [4.69, 9.17) is 14.2 Å². The van der Waals surface area contributed by atoms with Crippen molar-refractivity contribution in [2.24, 2.45) is 11.3 Å². The van der Waals surface area contributed by atoms with Gasteiger partial charge in [-0.3, -0.25) is 4.79 Å². The highest BCUT2D eigenvalue weighted by molar-refractivity contribution is 5.71. The molecule has 0 radical (unpaired) electrons. The van der Waals surface area contributed by atoms with Crippen molar-refractivity contribution in [3.8, 4) is 22.6 Å². The zero-order chi connectivity index (χ0) is 29.7. The van der Waals surface area contributed by atoms with Crippen molar-refractivity contribution in [1.29, 1.82) is 0 Å². The largest absolute Gasteiger partial charge is 0.497 e. The first-order valence-electron chi connectivity index (χ1n) is 14.2. The highest BCUT2D eigenvalue weighted by atomic mass is 19.1. The zero-order valence-corrected chi connectivity index (χ0v) is 24.5. The number of methoxy groups -OCH3 is 2. The molecule has 3 aromatic carbocycles. The molecule has 0 bridgehead atoms. The third-order valence-electron chi connectivity index (χ3n) is 7.91. The summed E-state index contributed by atoms with van der Waals surface area (Å²) in [6.45, 7) is 6.16. The van der Waals surface area contributed by atoms with E-state index in [-0.39, 0.29) is 53.1 Å². The number of ether oxygens (including phenoxy) is 3. The minimum absolute atomic E-state index is 0.00630. The van der Waals surface area contributed by atoms with Crippen LogP contribution in [0.2, 0.25) is 0 Å². The molecule has 0 aromatic heterocycles. The Bertz CT molecular complexity index is 1380. The van der Waals surface area contributed by atoms with Crippen LogP contribution in [0.1, 0.15) is 75.5 Å². The average molecular weight is 569 g/mol. The molecule has 7 heteroatoms. The van der Waals surface area contributed by atoms with Crippen molar-refractivity contribution in [2.45, 2.75) is 71.8 Å². The van der Waals surface area contributed by atoms with Crippen molar-refractivity contribution in [3.05, 3.63) is 82.7 Å². The van der Waals surface area contributed by atoms with Gasteiger partial charge in [0, 0.05) is 17.0 Å². The Morgan fingerprint density at radius 1 is 0.976 bits per heavy atom. The van der Waals surface area contributed by atoms with Crippen LogP contribution in [-0.4, -0.2) is 20.2 Å². The van der Waals surface area contributed by atoms with Crippen LogP contribution in [0.5, 0.6) is 11.5 Å². The summed E-state index contributed by atoms with van der Waals surface area (Å²) in [6, 6.07) is 12.3. The van der Waals surface area contributed by atoms with Crippen LogP contribution in [0.15, 0.2) is 48.5 Å². The van der Waals surface area contributed by atoms with Gasteiger partial charge in [-0.1, -0.05) is 39.3 Å². The first-order valence-corrected chi connectivity index (χ1v) is 14.2. The minimum Gasteiger partial charge on any atom is -0.497 e. The number of halogens is 3. The molecule has 41 heavy (non-hydrogen) atoms. The van der Waals surface area contributed by atoms with Crippen molar-refractivity contribution < 1.29 is 32.2 Å². The molecule has 1 aliphatic carbocycles. The van der Waals surface area contributed by atoms with Gasteiger partial charge in [-0.05, 0) is 90.1 Å². The van der Waals surface area contributed by atoms with E-state index < -0.39 is 17.5 Å². The lowest BCUT2D eigenvalue weighted by Crippen LogP contribution is -2.16. The van der Waals surface area contributed by atoms with Crippen LogP contribution in [0.4, 0.5) is 13.2 Å². The van der Waals surface area contributed by atoms with Crippen LogP contribution < -0.4 is 9.47 Å². The predicted octanol–water partition coefficient (Wildman–Crippen LogP) is 8.78. The maximum atomic E-state index is 15.6. The standard InChI is InChI=1S/C34H39F3O4/c1-6-14-34(2,3)19-22-15-23(30(36)17-26(22)28-16-24(39-4)12-13-29(28)35)20-41-31-9-7-8-25(33(31)37)27(21-10-11-21)18-32(38)40-5/h7-9,12-13,15-17,21,27H,6,10-11,14,18-20H2,1-5H3. The molecule has 1 atom stereocenters. The third-order valence-corrected chi connectivity index (χ3v) is 7.91. The van der Waals surface area contributed by atoms with E-state index in [0.29, 0.717) is 23.3 Å². The van der Waals surface area contributed by atoms with Gasteiger partial charge < -0.3 is 14.2 Å². The molecule has 0 saturated heterocycles. The fourth-order valence-electron chi connectivity index (χ4n) is 5.67. The Morgan fingerprint density at radius 3 is 2.39 bits per heavy atom. The summed E-state index contributed by atoms with van der Waals surface area (Å²) < 4.78 is 62.1. The van der Waals surface area contributed by atoms with Crippen molar-refractivity contribution in [3.63, 3.8) is 0 Å². The van der Waals surface area contributed by atoms with Crippen LogP contribution in [0.25, 0.3) is 11.1 Å². The summed E-state index contributed by atoms with van der Waals surface area (Å²) in [5.41, 5.74) is 2.02. The van der Waals surface area contributed by atoms with Crippen molar-refractivity contribution in [2.75, 3.05) is 14.2 Å². The van der Waals surface area contributed by atoms with E-state index in [0.717, 1.165) is 31.2 Å². The fourth-order valence-corrected chi connectivity index (χ4v) is 5.67. The molecule has 0 N–H and O–H groups in total. The second kappa shape index (κ2) is 13.0. The van der Waals surface area contributed by atoms with Gasteiger partial charge in [0.15, 0.2) is 11.6 Å². The Morgan fingerprint density at radius 2 is 1.73 bits per heavy atom. The van der Waals surface area contributed by atoms with Gasteiger partial charge in [-0.15, -0.1) is 0 Å². The molecular formula is C34H39F3O4. The highest BCUT2D eigenvalue weighted by Gasteiger charge is 2.36. The molecule has 0 aliphatic heterocycles. The van der Waals surface area contributed by atoms with E-state index in [1.165, 1.54) is 38.5 Å². The summed E-state index contributed by atoms with van der Waals surface area (Å²) >= 11 is 0. The SMILES string of the molecule is CCCC(C)(C)Cc1cc(COc2cccc(C(CC(=O)OC)C3CC3)c2F)c(F)cc1-c1cc(OC)ccc1F. The van der Waals surface area contributed by atoms with Gasteiger partial charge in [0.05, 0.1) is 20.6 Å². The summed E-state index contributed by atoms with van der Waals surface area (Å²) in [4.78, 5) is 12.0. The Kier molecular flexibility index (Phi) is 9.67. The summed E-state index contributed by atoms with van der Waals surface area (Å²) in [5.74, 6) is -1.60.